The minimum absolute atomic E-state index is 0.0735. The number of benzene rings is 1. The number of phenolic OH excluding ortho intramolecular Hbond substituents is 1. The Labute approximate surface area is 150 Å². The van der Waals surface area contributed by atoms with E-state index in [4.69, 9.17) is 0 Å². The second-order valence-electron chi connectivity index (χ2n) is 6.17. The smallest absolute Gasteiger partial charge is 0.174 e. The lowest BCUT2D eigenvalue weighted by atomic mass is 10.1. The highest BCUT2D eigenvalue weighted by Gasteiger charge is 2.14. The number of hydrogen-bond donors (Lipinski definition) is 2. The molecule has 3 heterocycles. The lowest BCUT2D eigenvalue weighted by Gasteiger charge is -2.14. The highest BCUT2D eigenvalue weighted by molar-refractivity contribution is 5.68. The normalized spacial score (nSPS) is 14.4. The van der Waals surface area contributed by atoms with Gasteiger partial charge in [0.2, 0.25) is 0 Å². The van der Waals surface area contributed by atoms with Crippen molar-refractivity contribution in [2.75, 3.05) is 13.1 Å². The first-order chi connectivity index (χ1) is 12.7. The maximum atomic E-state index is 14.5. The van der Waals surface area contributed by atoms with Crippen molar-refractivity contribution in [1.82, 2.24) is 25.1 Å². The molecule has 0 radical (unpaired) electrons. The maximum absolute atomic E-state index is 14.5. The predicted octanol–water partition coefficient (Wildman–Crippen LogP) is 2.94. The largest absolute Gasteiger partial charge is 0.507 e. The Kier molecular flexibility index (Phi) is 4.45. The fourth-order valence-electron chi connectivity index (χ4n) is 3.00. The molecule has 26 heavy (non-hydrogen) atoms. The average molecular weight is 351 g/mol. The number of hydrogen-bond acceptors (Lipinski definition) is 5. The van der Waals surface area contributed by atoms with E-state index in [2.05, 4.69) is 20.5 Å². The fourth-order valence-corrected chi connectivity index (χ4v) is 3.00. The van der Waals surface area contributed by atoms with Crippen molar-refractivity contribution < 1.29 is 9.50 Å². The third-order valence-corrected chi connectivity index (χ3v) is 4.38. The summed E-state index contributed by atoms with van der Waals surface area (Å²) in [7, 11) is 0. The Morgan fingerprint density at radius 2 is 1.88 bits per heavy atom. The van der Waals surface area contributed by atoms with Crippen LogP contribution in [-0.4, -0.2) is 37.9 Å². The molecular weight excluding hydrogens is 333 g/mol. The van der Waals surface area contributed by atoms with Crippen molar-refractivity contribution in [3.05, 3.63) is 60.1 Å². The molecule has 2 N–H and O–H groups in total. The van der Waals surface area contributed by atoms with E-state index in [0.29, 0.717) is 11.5 Å². The summed E-state index contributed by atoms with van der Waals surface area (Å²) in [5.74, 6) is -0.0121. The first kappa shape index (κ1) is 16.4. The van der Waals surface area contributed by atoms with Gasteiger partial charge in [0, 0.05) is 24.0 Å². The van der Waals surface area contributed by atoms with Gasteiger partial charge in [-0.1, -0.05) is 5.57 Å². The van der Waals surface area contributed by atoms with Crippen molar-refractivity contribution >= 4 is 6.08 Å². The molecule has 1 aliphatic heterocycles. The van der Waals surface area contributed by atoms with Gasteiger partial charge in [-0.25, -0.2) is 9.37 Å². The van der Waals surface area contributed by atoms with Crippen LogP contribution in [0.3, 0.4) is 0 Å². The Morgan fingerprint density at radius 1 is 1.12 bits per heavy atom. The summed E-state index contributed by atoms with van der Waals surface area (Å²) in [6, 6.07) is 6.20. The summed E-state index contributed by atoms with van der Waals surface area (Å²) in [5.41, 5.74) is 2.14. The van der Waals surface area contributed by atoms with Crippen LogP contribution in [0.4, 0.5) is 4.39 Å². The topological polar surface area (TPSA) is 75.9 Å². The van der Waals surface area contributed by atoms with Gasteiger partial charge >= 0.3 is 0 Å². The number of halogens is 1. The maximum Gasteiger partial charge on any atom is 0.174 e. The summed E-state index contributed by atoms with van der Waals surface area (Å²) < 4.78 is 16.0. The molecule has 0 spiro atoms. The number of aromatic nitrogens is 4. The first-order valence-electron chi connectivity index (χ1n) is 8.47. The molecule has 1 aromatic carbocycles. The standard InChI is InChI=1S/C19H18FN5O/c20-15-10-14(18(26)11-17(15)25-7-1-2-8-25)16-12-22-19(24-23-16)9-13-3-5-21-6-4-13/h1-2,7-12,21,26H,3-6H2. The van der Waals surface area contributed by atoms with Crippen LogP contribution in [0.5, 0.6) is 5.75 Å². The number of rotatable bonds is 3. The second kappa shape index (κ2) is 7.05. The van der Waals surface area contributed by atoms with E-state index in [1.54, 1.807) is 29.1 Å². The number of nitrogens with zero attached hydrogens (tertiary/aromatic N) is 4. The van der Waals surface area contributed by atoms with Gasteiger partial charge in [-0.2, -0.15) is 0 Å². The van der Waals surface area contributed by atoms with Crippen molar-refractivity contribution in [2.45, 2.75) is 12.8 Å². The van der Waals surface area contributed by atoms with Gasteiger partial charge in [0.25, 0.3) is 0 Å². The fraction of sp³-hybridized carbons (Fsp3) is 0.211. The van der Waals surface area contributed by atoms with Crippen LogP contribution in [0.2, 0.25) is 0 Å². The van der Waals surface area contributed by atoms with Crippen LogP contribution in [0.25, 0.3) is 23.0 Å². The van der Waals surface area contributed by atoms with Gasteiger partial charge in [-0.05, 0) is 50.2 Å². The van der Waals surface area contributed by atoms with Crippen LogP contribution >= 0.6 is 0 Å². The molecule has 0 unspecified atom stereocenters. The zero-order valence-electron chi connectivity index (χ0n) is 14.1. The Morgan fingerprint density at radius 3 is 2.58 bits per heavy atom. The van der Waals surface area contributed by atoms with Crippen molar-refractivity contribution in [2.24, 2.45) is 0 Å². The zero-order chi connectivity index (χ0) is 17.9. The summed E-state index contributed by atoms with van der Waals surface area (Å²) in [6.07, 6.45) is 8.80. The molecule has 0 bridgehead atoms. The van der Waals surface area contributed by atoms with Crippen LogP contribution in [0, 0.1) is 5.82 Å². The van der Waals surface area contributed by atoms with E-state index in [-0.39, 0.29) is 17.0 Å². The van der Waals surface area contributed by atoms with Gasteiger partial charge in [0.1, 0.15) is 17.3 Å². The van der Waals surface area contributed by atoms with E-state index in [0.717, 1.165) is 25.9 Å². The van der Waals surface area contributed by atoms with Crippen LogP contribution in [-0.2, 0) is 0 Å². The lowest BCUT2D eigenvalue weighted by molar-refractivity contribution is 0.474. The van der Waals surface area contributed by atoms with Crippen molar-refractivity contribution in [3.63, 3.8) is 0 Å². The summed E-state index contributed by atoms with van der Waals surface area (Å²) in [6.45, 7) is 1.91. The van der Waals surface area contributed by atoms with Crippen LogP contribution in [0.15, 0.2) is 48.4 Å². The molecule has 4 rings (SSSR count). The van der Waals surface area contributed by atoms with E-state index >= 15 is 0 Å². The molecule has 0 atom stereocenters. The number of aromatic hydroxyl groups is 1. The minimum Gasteiger partial charge on any atom is -0.507 e. The Balaban J connectivity index is 1.62. The Bertz CT molecular complexity index is 927. The number of nitrogens with one attached hydrogen (secondary N) is 1. The zero-order valence-corrected chi connectivity index (χ0v) is 14.1. The molecule has 132 valence electrons. The third-order valence-electron chi connectivity index (χ3n) is 4.38. The van der Waals surface area contributed by atoms with Crippen LogP contribution < -0.4 is 5.32 Å². The molecule has 2 aromatic heterocycles. The van der Waals surface area contributed by atoms with Crippen LogP contribution in [0.1, 0.15) is 18.7 Å². The average Bonchev–Trinajstić information content (AvgIpc) is 3.19. The predicted molar refractivity (Wildman–Crippen MR) is 96.3 cm³/mol. The highest BCUT2D eigenvalue weighted by Crippen LogP contribution is 2.31. The molecule has 3 aromatic rings. The minimum atomic E-state index is -0.461. The van der Waals surface area contributed by atoms with Gasteiger partial charge in [-0.3, -0.25) is 0 Å². The van der Waals surface area contributed by atoms with E-state index in [1.165, 1.54) is 23.9 Å². The molecule has 0 aliphatic carbocycles. The van der Waals surface area contributed by atoms with Gasteiger partial charge < -0.3 is 15.0 Å². The van der Waals surface area contributed by atoms with E-state index < -0.39 is 5.82 Å². The Hall–Kier alpha value is -3.06. The third kappa shape index (κ3) is 3.34. The van der Waals surface area contributed by atoms with E-state index in [9.17, 15) is 9.50 Å². The van der Waals surface area contributed by atoms with Gasteiger partial charge in [-0.15, -0.1) is 10.2 Å². The molecule has 1 aliphatic rings. The van der Waals surface area contributed by atoms with Gasteiger partial charge in [0.05, 0.1) is 11.9 Å². The number of phenols is 1. The van der Waals surface area contributed by atoms with Crippen molar-refractivity contribution in [3.8, 4) is 22.7 Å². The summed E-state index contributed by atoms with van der Waals surface area (Å²) in [5, 5.41) is 21.8. The quantitative estimate of drug-likeness (QED) is 0.759. The van der Waals surface area contributed by atoms with Gasteiger partial charge in [0.15, 0.2) is 5.82 Å². The first-order valence-corrected chi connectivity index (χ1v) is 8.47. The molecule has 6 nitrogen and oxygen atoms in total. The molecule has 0 saturated carbocycles. The molecule has 0 amide bonds. The van der Waals surface area contributed by atoms with E-state index in [1.807, 2.05) is 6.08 Å². The molecule has 1 fully saturated rings. The second-order valence-corrected chi connectivity index (χ2v) is 6.17. The van der Waals surface area contributed by atoms with Crippen molar-refractivity contribution in [1.29, 1.82) is 0 Å². The summed E-state index contributed by atoms with van der Waals surface area (Å²) in [4.78, 5) is 4.28. The monoisotopic (exact) mass is 351 g/mol. The molecule has 1 saturated heterocycles. The molecule has 7 heteroatoms. The SMILES string of the molecule is Oc1cc(-n2cccc2)c(F)cc1-c1cnc(C=C2CCNCC2)nn1. The number of piperidine rings is 1. The summed E-state index contributed by atoms with van der Waals surface area (Å²) >= 11 is 0. The lowest BCUT2D eigenvalue weighted by Crippen LogP contribution is -2.23. The highest BCUT2D eigenvalue weighted by atomic mass is 19.1. The molecular formula is C19H18FN5O.